The van der Waals surface area contributed by atoms with Crippen LogP contribution in [-0.4, -0.2) is 101 Å². The molecule has 16 heteroatoms. The zero-order valence-electron chi connectivity index (χ0n) is 35.7. The highest BCUT2D eigenvalue weighted by Gasteiger charge is 2.61. The molecule has 1 aromatic carbocycles. The molecule has 8 rings (SSSR count). The number of aromatic nitrogens is 2. The van der Waals surface area contributed by atoms with E-state index in [9.17, 15) is 27.6 Å². The number of sulfone groups is 1. The molecule has 4 heterocycles. The van der Waals surface area contributed by atoms with Crippen molar-refractivity contribution >= 4 is 55.8 Å². The summed E-state index contributed by atoms with van der Waals surface area (Å²) in [5.74, 6) is -1.16. The molecule has 3 aromatic rings. The molecule has 328 valence electrons. The van der Waals surface area contributed by atoms with E-state index in [2.05, 4.69) is 31.1 Å². The lowest BCUT2D eigenvalue weighted by Gasteiger charge is -2.35. The topological polar surface area (TPSA) is 183 Å². The Morgan fingerprint density at radius 1 is 1.08 bits per heavy atom. The number of rotatable bonds is 15. The number of thiazole rings is 1. The van der Waals surface area contributed by atoms with E-state index in [-0.39, 0.29) is 25.5 Å². The van der Waals surface area contributed by atoms with Gasteiger partial charge in [-0.25, -0.2) is 23.2 Å². The molecule has 14 nitrogen and oxygen atoms in total. The number of likely N-dealkylation sites (tertiary alicyclic amines) is 1. The number of Topliss-reactive ketones (excluding diaryl/α,β-unsaturated/α-hetero) is 1. The third-order valence-electron chi connectivity index (χ3n) is 12.6. The number of ether oxygens (including phenoxy) is 3. The molecule has 0 spiro atoms. The minimum Gasteiger partial charge on any atom is -0.493 e. The van der Waals surface area contributed by atoms with Gasteiger partial charge in [0.15, 0.2) is 15.6 Å². The number of hydrogen-bond donors (Lipinski definition) is 2. The predicted molar refractivity (Wildman–Crippen MR) is 231 cm³/mol. The molecule has 3 aliphatic carbocycles. The first kappa shape index (κ1) is 43.1. The van der Waals surface area contributed by atoms with Gasteiger partial charge in [-0.2, -0.15) is 0 Å². The van der Waals surface area contributed by atoms with Gasteiger partial charge in [0.1, 0.15) is 47.1 Å². The number of amides is 3. The molecule has 2 N–H and O–H groups in total. The van der Waals surface area contributed by atoms with Gasteiger partial charge in [0.25, 0.3) is 0 Å². The first-order valence-corrected chi connectivity index (χ1v) is 24.2. The fourth-order valence-electron chi connectivity index (χ4n) is 8.98. The second kappa shape index (κ2) is 16.6. The summed E-state index contributed by atoms with van der Waals surface area (Å²) in [6.45, 7) is 14.1. The molecule has 4 fully saturated rings. The molecule has 2 aliphatic heterocycles. The molecular weight excluding hydrogens is 819 g/mol. The van der Waals surface area contributed by atoms with E-state index in [4.69, 9.17) is 24.2 Å². The SMILES string of the molecule is C=CC1C[C@]1(NC(=O)C1C[C@@H](Oc2cc(-c3csc(CC(C)C)n3)nc3c4c(ccc23)OCC4)CN1C(=O)[C@@H](NC(=O)OC1CCCC1)C(C)(C)C)C(=O)CS(=O)(=O)C1CC1. The van der Waals surface area contributed by atoms with Crippen molar-refractivity contribution in [3.63, 3.8) is 0 Å². The molecule has 5 aliphatic rings. The fraction of sp³-hybridized carbons (Fsp3) is 0.600. The Bertz CT molecular complexity index is 2350. The van der Waals surface area contributed by atoms with Crippen LogP contribution in [-0.2, 0) is 41.8 Å². The van der Waals surface area contributed by atoms with Crippen LogP contribution in [0.4, 0.5) is 4.79 Å². The largest absolute Gasteiger partial charge is 0.493 e. The van der Waals surface area contributed by atoms with Crippen molar-refractivity contribution in [1.29, 1.82) is 0 Å². The van der Waals surface area contributed by atoms with E-state index in [1.807, 2.05) is 44.4 Å². The van der Waals surface area contributed by atoms with Gasteiger partial charge in [-0.3, -0.25) is 14.4 Å². The number of carbonyl (C=O) groups excluding carboxylic acids is 4. The number of pyridine rings is 1. The van der Waals surface area contributed by atoms with E-state index < -0.39 is 79.6 Å². The van der Waals surface area contributed by atoms with Gasteiger partial charge >= 0.3 is 6.09 Å². The van der Waals surface area contributed by atoms with E-state index in [1.165, 1.54) is 4.90 Å². The first-order valence-electron chi connectivity index (χ1n) is 21.6. The highest BCUT2D eigenvalue weighted by atomic mass is 32.2. The standard InChI is InChI=1S/C45H57N5O9S2/c1-7-26-21-45(26,37(51)24-61(55,56)29-12-13-29)49-41(52)34-19-28(22-50(34)42(53)40(44(4,5)6)48-43(54)59-27-10-8-9-11-27)58-36-20-32(33-23-60-38(46-33)18-25(2)3)47-39-30(36)14-15-35-31(39)16-17-57-35/h7,14-15,20,23,25-29,34,40H,1,8-13,16-19,21-22,24H2,2-6H3,(H,48,54)(H,49,52)/t26?,28-,34?,40-,45-/m1/s1. The van der Waals surface area contributed by atoms with Crippen molar-refractivity contribution in [3.8, 4) is 22.9 Å². The van der Waals surface area contributed by atoms with E-state index in [1.54, 1.807) is 17.4 Å². The summed E-state index contributed by atoms with van der Waals surface area (Å²) in [6, 6.07) is 3.44. The lowest BCUT2D eigenvalue weighted by atomic mass is 9.85. The summed E-state index contributed by atoms with van der Waals surface area (Å²) in [6.07, 6.45) is 6.14. The van der Waals surface area contributed by atoms with E-state index >= 15 is 0 Å². The Balaban J connectivity index is 1.12. The van der Waals surface area contributed by atoms with Gasteiger partial charge in [-0.1, -0.05) is 40.7 Å². The summed E-state index contributed by atoms with van der Waals surface area (Å²) in [5, 5.41) is 8.94. The number of alkyl carbamates (subject to hydrolysis) is 1. The summed E-state index contributed by atoms with van der Waals surface area (Å²) in [4.78, 5) is 68.0. The molecule has 0 bridgehead atoms. The van der Waals surface area contributed by atoms with E-state index in [0.29, 0.717) is 48.9 Å². The number of fused-ring (bicyclic) bond motifs is 3. The monoisotopic (exact) mass is 875 g/mol. The molecule has 61 heavy (non-hydrogen) atoms. The highest BCUT2D eigenvalue weighted by Crippen LogP contribution is 2.47. The number of benzene rings is 1. The van der Waals surface area contributed by atoms with Gasteiger partial charge < -0.3 is 29.7 Å². The molecule has 1 saturated heterocycles. The predicted octanol–water partition coefficient (Wildman–Crippen LogP) is 6.13. The minimum absolute atomic E-state index is 0.0207. The Labute approximate surface area is 361 Å². The first-order chi connectivity index (χ1) is 29.0. The smallest absolute Gasteiger partial charge is 0.408 e. The van der Waals surface area contributed by atoms with Crippen LogP contribution in [0.5, 0.6) is 11.5 Å². The number of hydrogen-bond acceptors (Lipinski definition) is 12. The number of nitrogens with zero attached hydrogens (tertiary/aromatic N) is 3. The van der Waals surface area contributed by atoms with Crippen LogP contribution in [0.25, 0.3) is 22.3 Å². The fourth-order valence-corrected chi connectivity index (χ4v) is 11.7. The Kier molecular flexibility index (Phi) is 11.7. The molecule has 0 radical (unpaired) electrons. The van der Waals surface area contributed by atoms with Crippen LogP contribution >= 0.6 is 11.3 Å². The quantitative estimate of drug-likeness (QED) is 0.168. The van der Waals surface area contributed by atoms with Crippen LogP contribution in [0.3, 0.4) is 0 Å². The van der Waals surface area contributed by atoms with Crippen molar-refractivity contribution < 1.29 is 41.8 Å². The van der Waals surface area contributed by atoms with Crippen molar-refractivity contribution in [2.45, 2.75) is 134 Å². The van der Waals surface area contributed by atoms with Gasteiger partial charge in [0, 0.05) is 47.6 Å². The van der Waals surface area contributed by atoms with Crippen LogP contribution in [0.2, 0.25) is 0 Å². The maximum absolute atomic E-state index is 14.9. The second-order valence-electron chi connectivity index (χ2n) is 18.9. The average Bonchev–Trinajstić information content (AvgIpc) is 3.81. The molecular formula is C45H57N5O9S2. The van der Waals surface area contributed by atoms with Crippen LogP contribution in [0.1, 0.15) is 96.6 Å². The number of nitrogens with one attached hydrogen (secondary N) is 2. The summed E-state index contributed by atoms with van der Waals surface area (Å²) in [7, 11) is -3.67. The van der Waals surface area contributed by atoms with Crippen molar-refractivity contribution in [1.82, 2.24) is 25.5 Å². The Morgan fingerprint density at radius 2 is 1.84 bits per heavy atom. The normalized spacial score (nSPS) is 24.3. The van der Waals surface area contributed by atoms with Crippen molar-refractivity contribution in [2.75, 3.05) is 18.9 Å². The maximum Gasteiger partial charge on any atom is 0.408 e. The maximum atomic E-state index is 14.9. The van der Waals surface area contributed by atoms with Crippen LogP contribution in [0, 0.1) is 17.3 Å². The lowest BCUT2D eigenvalue weighted by Crippen LogP contribution is -2.59. The summed E-state index contributed by atoms with van der Waals surface area (Å²) in [5.41, 5.74) is 0.772. The highest BCUT2D eigenvalue weighted by molar-refractivity contribution is 7.93. The third-order valence-corrected chi connectivity index (χ3v) is 15.6. The Hall–Kier alpha value is -4.57. The molecule has 5 atom stereocenters. The molecule has 3 saturated carbocycles. The summed E-state index contributed by atoms with van der Waals surface area (Å²) >= 11 is 1.58. The second-order valence-corrected chi connectivity index (χ2v) is 22.2. The summed E-state index contributed by atoms with van der Waals surface area (Å²) < 4.78 is 44.4. The number of carbonyl (C=O) groups is 4. The van der Waals surface area contributed by atoms with Gasteiger partial charge in [-0.05, 0) is 68.4 Å². The van der Waals surface area contributed by atoms with Gasteiger partial charge in [0.05, 0.1) is 40.3 Å². The molecule has 2 aromatic heterocycles. The number of ketones is 1. The van der Waals surface area contributed by atoms with Crippen molar-refractivity contribution in [2.24, 2.45) is 17.3 Å². The van der Waals surface area contributed by atoms with Gasteiger partial charge in [-0.15, -0.1) is 17.9 Å². The zero-order chi connectivity index (χ0) is 43.4. The van der Waals surface area contributed by atoms with E-state index in [0.717, 1.165) is 59.3 Å². The average molecular weight is 876 g/mol. The van der Waals surface area contributed by atoms with Crippen LogP contribution < -0.4 is 20.1 Å². The molecule has 2 unspecified atom stereocenters. The van der Waals surface area contributed by atoms with Crippen molar-refractivity contribution in [3.05, 3.63) is 46.8 Å². The lowest BCUT2D eigenvalue weighted by molar-refractivity contribution is -0.142. The van der Waals surface area contributed by atoms with Crippen LogP contribution in [0.15, 0.2) is 36.2 Å². The Morgan fingerprint density at radius 3 is 2.51 bits per heavy atom. The minimum atomic E-state index is -3.67. The zero-order valence-corrected chi connectivity index (χ0v) is 37.3. The molecule has 3 amide bonds. The third kappa shape index (κ3) is 9.02. The van der Waals surface area contributed by atoms with Gasteiger partial charge in [0.2, 0.25) is 11.8 Å².